The summed E-state index contributed by atoms with van der Waals surface area (Å²) >= 11 is 6.00. The van der Waals surface area contributed by atoms with Crippen molar-refractivity contribution in [2.24, 2.45) is 12.1 Å². The number of nitrogens with zero attached hydrogens (tertiary/aromatic N) is 4. The molecule has 0 aliphatic rings. The molecule has 0 aliphatic carbocycles. The molecule has 2 aromatic heterocycles. The summed E-state index contributed by atoms with van der Waals surface area (Å²) in [5.74, 6) is -0.404. The monoisotopic (exact) mass is 277 g/mol. The second kappa shape index (κ2) is 5.62. The zero-order chi connectivity index (χ0) is 13.8. The van der Waals surface area contributed by atoms with E-state index in [1.807, 2.05) is 0 Å². The maximum atomic E-state index is 11.9. The Balaban J connectivity index is 2.08. The van der Waals surface area contributed by atoms with Gasteiger partial charge in [-0.1, -0.05) is 11.6 Å². The minimum Gasteiger partial charge on any atom is -0.266 e. The molecule has 0 fully saturated rings. The lowest BCUT2D eigenvalue weighted by Crippen LogP contribution is -2.21. The van der Waals surface area contributed by atoms with Crippen LogP contribution in [0.1, 0.15) is 21.7 Å². The van der Waals surface area contributed by atoms with Crippen molar-refractivity contribution in [1.82, 2.24) is 20.2 Å². The Bertz CT molecular complexity index is 621. The molecular formula is C12H12ClN5O. The quantitative estimate of drug-likeness (QED) is 0.683. The lowest BCUT2D eigenvalue weighted by molar-refractivity contribution is 0.0946. The van der Waals surface area contributed by atoms with Crippen LogP contribution < -0.4 is 5.43 Å². The molecule has 0 aromatic carbocycles. The average Bonchev–Trinajstić information content (AvgIpc) is 2.64. The molecule has 0 atom stereocenters. The number of hydrazone groups is 1. The fraction of sp³-hybridized carbons (Fsp3) is 0.167. The normalized spacial score (nSPS) is 10.9. The number of nitrogens with one attached hydrogen (secondary N) is 1. The standard InChI is InChI=1S/C12H12ClN5O/c1-8-10(13)11(18(2)17-8)12(19)16-15-7-9-3-5-14-6-4-9/h3-7H,1-2H3,(H,16,19). The molecule has 2 heterocycles. The molecule has 0 aliphatic heterocycles. The van der Waals surface area contributed by atoms with Gasteiger partial charge in [0.05, 0.1) is 16.9 Å². The number of carbonyl (C=O) groups excluding carboxylic acids is 1. The van der Waals surface area contributed by atoms with Gasteiger partial charge in [0, 0.05) is 19.4 Å². The average molecular weight is 278 g/mol. The number of hydrogen-bond donors (Lipinski definition) is 1. The van der Waals surface area contributed by atoms with E-state index in [1.165, 1.54) is 10.9 Å². The van der Waals surface area contributed by atoms with E-state index in [2.05, 4.69) is 20.6 Å². The van der Waals surface area contributed by atoms with Gasteiger partial charge >= 0.3 is 0 Å². The van der Waals surface area contributed by atoms with E-state index in [-0.39, 0.29) is 5.69 Å². The van der Waals surface area contributed by atoms with Gasteiger partial charge in [0.2, 0.25) is 0 Å². The lowest BCUT2D eigenvalue weighted by Gasteiger charge is -2.00. The summed E-state index contributed by atoms with van der Waals surface area (Å²) in [5.41, 5.74) is 4.13. The summed E-state index contributed by atoms with van der Waals surface area (Å²) in [6, 6.07) is 3.55. The van der Waals surface area contributed by atoms with Crippen LogP contribution in [0.5, 0.6) is 0 Å². The number of amides is 1. The third-order valence-electron chi connectivity index (χ3n) is 2.45. The maximum absolute atomic E-state index is 11.9. The van der Waals surface area contributed by atoms with Crippen LogP contribution in [0.3, 0.4) is 0 Å². The summed E-state index contributed by atoms with van der Waals surface area (Å²) in [5, 5.41) is 8.25. The van der Waals surface area contributed by atoms with E-state index in [9.17, 15) is 4.79 Å². The largest absolute Gasteiger partial charge is 0.291 e. The molecule has 0 unspecified atom stereocenters. The molecular weight excluding hydrogens is 266 g/mol. The first-order valence-electron chi connectivity index (χ1n) is 5.52. The number of carbonyl (C=O) groups is 1. The van der Waals surface area contributed by atoms with Crippen LogP contribution in [0.25, 0.3) is 0 Å². The molecule has 98 valence electrons. The summed E-state index contributed by atoms with van der Waals surface area (Å²) in [6.45, 7) is 1.74. The first-order chi connectivity index (χ1) is 9.09. The Morgan fingerprint density at radius 3 is 2.74 bits per heavy atom. The van der Waals surface area contributed by atoms with Crippen molar-refractivity contribution in [3.05, 3.63) is 46.5 Å². The Hall–Kier alpha value is -2.21. The minimum atomic E-state index is -0.404. The Labute approximate surface area is 115 Å². The number of halogens is 1. The highest BCUT2D eigenvalue weighted by Gasteiger charge is 2.17. The van der Waals surface area contributed by atoms with Gasteiger partial charge in [-0.05, 0) is 24.6 Å². The molecule has 0 spiro atoms. The number of aryl methyl sites for hydroxylation is 2. The van der Waals surface area contributed by atoms with Crippen molar-refractivity contribution >= 4 is 23.7 Å². The van der Waals surface area contributed by atoms with Gasteiger partial charge in [-0.2, -0.15) is 10.2 Å². The predicted molar refractivity (Wildman–Crippen MR) is 72.3 cm³/mol. The predicted octanol–water partition coefficient (Wildman–Crippen LogP) is 1.54. The van der Waals surface area contributed by atoms with Gasteiger partial charge in [-0.3, -0.25) is 14.5 Å². The zero-order valence-corrected chi connectivity index (χ0v) is 11.2. The van der Waals surface area contributed by atoms with Crippen LogP contribution in [0, 0.1) is 6.92 Å². The van der Waals surface area contributed by atoms with Crippen molar-refractivity contribution < 1.29 is 4.79 Å². The van der Waals surface area contributed by atoms with Gasteiger partial charge < -0.3 is 0 Å². The highest BCUT2D eigenvalue weighted by molar-refractivity contribution is 6.34. The van der Waals surface area contributed by atoms with E-state index in [1.54, 1.807) is 38.5 Å². The molecule has 2 aromatic rings. The summed E-state index contributed by atoms with van der Waals surface area (Å²) in [6.07, 6.45) is 4.81. The van der Waals surface area contributed by atoms with Crippen LogP contribution >= 0.6 is 11.6 Å². The maximum Gasteiger partial charge on any atom is 0.291 e. The highest BCUT2D eigenvalue weighted by Crippen LogP contribution is 2.18. The second-order valence-electron chi connectivity index (χ2n) is 3.85. The Morgan fingerprint density at radius 2 is 2.16 bits per heavy atom. The second-order valence-corrected chi connectivity index (χ2v) is 4.23. The molecule has 19 heavy (non-hydrogen) atoms. The molecule has 1 N–H and O–H groups in total. The van der Waals surface area contributed by atoms with E-state index in [0.717, 1.165) is 5.56 Å². The van der Waals surface area contributed by atoms with Crippen molar-refractivity contribution in [2.45, 2.75) is 6.92 Å². The van der Waals surface area contributed by atoms with E-state index in [4.69, 9.17) is 11.6 Å². The van der Waals surface area contributed by atoms with Gasteiger partial charge in [0.25, 0.3) is 5.91 Å². The number of aromatic nitrogens is 3. The summed E-state index contributed by atoms with van der Waals surface area (Å²) in [7, 11) is 1.65. The first kappa shape index (κ1) is 13.2. The topological polar surface area (TPSA) is 72.2 Å². The molecule has 2 rings (SSSR count). The Morgan fingerprint density at radius 1 is 1.47 bits per heavy atom. The van der Waals surface area contributed by atoms with E-state index < -0.39 is 5.91 Å². The third kappa shape index (κ3) is 2.97. The molecule has 6 nitrogen and oxygen atoms in total. The molecule has 0 bridgehead atoms. The van der Waals surface area contributed by atoms with Crippen molar-refractivity contribution in [3.63, 3.8) is 0 Å². The van der Waals surface area contributed by atoms with Crippen molar-refractivity contribution in [2.75, 3.05) is 0 Å². The lowest BCUT2D eigenvalue weighted by atomic mass is 10.3. The number of pyridine rings is 1. The smallest absolute Gasteiger partial charge is 0.266 e. The van der Waals surface area contributed by atoms with Crippen LogP contribution in [0.4, 0.5) is 0 Å². The van der Waals surface area contributed by atoms with Crippen LogP contribution in [-0.2, 0) is 7.05 Å². The van der Waals surface area contributed by atoms with Crippen LogP contribution in [-0.4, -0.2) is 26.9 Å². The Kier molecular flexibility index (Phi) is 3.91. The molecule has 0 saturated heterocycles. The molecule has 1 amide bonds. The minimum absolute atomic E-state index is 0.283. The fourth-order valence-corrected chi connectivity index (χ4v) is 1.79. The SMILES string of the molecule is Cc1nn(C)c(C(=O)NN=Cc2ccncc2)c1Cl. The van der Waals surface area contributed by atoms with E-state index in [0.29, 0.717) is 10.7 Å². The van der Waals surface area contributed by atoms with Gasteiger partial charge in [0.1, 0.15) is 5.69 Å². The number of hydrogen-bond acceptors (Lipinski definition) is 4. The molecule has 7 heteroatoms. The van der Waals surface area contributed by atoms with Gasteiger partial charge in [-0.15, -0.1) is 0 Å². The van der Waals surface area contributed by atoms with E-state index >= 15 is 0 Å². The first-order valence-corrected chi connectivity index (χ1v) is 5.90. The fourth-order valence-electron chi connectivity index (χ4n) is 1.55. The highest BCUT2D eigenvalue weighted by atomic mass is 35.5. The van der Waals surface area contributed by atoms with Crippen LogP contribution in [0.15, 0.2) is 29.6 Å². The van der Waals surface area contributed by atoms with Gasteiger partial charge in [0.15, 0.2) is 0 Å². The summed E-state index contributed by atoms with van der Waals surface area (Å²) < 4.78 is 1.43. The summed E-state index contributed by atoms with van der Waals surface area (Å²) in [4.78, 5) is 15.8. The third-order valence-corrected chi connectivity index (χ3v) is 2.90. The van der Waals surface area contributed by atoms with Crippen molar-refractivity contribution in [3.8, 4) is 0 Å². The van der Waals surface area contributed by atoms with Gasteiger partial charge in [-0.25, -0.2) is 5.43 Å². The molecule has 0 saturated carbocycles. The number of rotatable bonds is 3. The zero-order valence-electron chi connectivity index (χ0n) is 10.5. The van der Waals surface area contributed by atoms with Crippen LogP contribution in [0.2, 0.25) is 5.02 Å². The molecule has 0 radical (unpaired) electrons. The van der Waals surface area contributed by atoms with Crippen molar-refractivity contribution in [1.29, 1.82) is 0 Å².